The van der Waals surface area contributed by atoms with Gasteiger partial charge in [0.1, 0.15) is 17.7 Å². The maximum absolute atomic E-state index is 14.2. The van der Waals surface area contributed by atoms with Gasteiger partial charge in [0.05, 0.1) is 0 Å². The SMILES string of the molecule is Cc1ccc(C)c(NC(=O)[C@@H]([NH2+][C@@H](C)c2ccc(F)cc2F)c2ccccc2)c1. The Morgan fingerprint density at radius 1 is 0.966 bits per heavy atom. The van der Waals surface area contributed by atoms with Crippen LogP contribution < -0.4 is 10.6 Å². The highest BCUT2D eigenvalue weighted by Gasteiger charge is 2.28. The standard InChI is InChI=1S/C24H24F2N2O/c1-15-9-10-16(2)22(13-15)28-24(29)23(18-7-5-4-6-8-18)27-17(3)20-12-11-19(25)14-21(20)26/h4-14,17,23,27H,1-3H3,(H,28,29)/p+1/t17-,23-/m0/s1. The Morgan fingerprint density at radius 2 is 1.69 bits per heavy atom. The molecule has 3 aromatic carbocycles. The van der Waals surface area contributed by atoms with Crippen LogP contribution in [0.25, 0.3) is 0 Å². The maximum Gasteiger partial charge on any atom is 0.287 e. The summed E-state index contributed by atoms with van der Waals surface area (Å²) >= 11 is 0. The molecule has 0 saturated carbocycles. The molecule has 0 aromatic heterocycles. The lowest BCUT2D eigenvalue weighted by molar-refractivity contribution is -0.719. The van der Waals surface area contributed by atoms with Crippen molar-refractivity contribution in [3.05, 3.63) is 101 Å². The highest BCUT2D eigenvalue weighted by Crippen LogP contribution is 2.20. The molecule has 0 aliphatic carbocycles. The number of carbonyl (C=O) groups is 1. The molecule has 3 nitrogen and oxygen atoms in total. The van der Waals surface area contributed by atoms with Crippen LogP contribution in [0.1, 0.15) is 41.3 Å². The number of hydrogen-bond donors (Lipinski definition) is 2. The van der Waals surface area contributed by atoms with Crippen molar-refractivity contribution in [3.8, 4) is 0 Å². The van der Waals surface area contributed by atoms with E-state index in [0.717, 1.165) is 28.4 Å². The van der Waals surface area contributed by atoms with Crippen LogP contribution in [-0.4, -0.2) is 5.91 Å². The normalized spacial score (nSPS) is 13.0. The van der Waals surface area contributed by atoms with E-state index in [1.54, 1.807) is 12.2 Å². The van der Waals surface area contributed by atoms with Gasteiger partial charge in [-0.3, -0.25) is 4.79 Å². The first kappa shape index (κ1) is 20.7. The molecule has 0 spiro atoms. The second kappa shape index (κ2) is 8.97. The van der Waals surface area contributed by atoms with Crippen molar-refractivity contribution in [1.82, 2.24) is 0 Å². The first-order valence-corrected chi connectivity index (χ1v) is 9.58. The van der Waals surface area contributed by atoms with Gasteiger partial charge in [-0.05, 0) is 50.1 Å². The van der Waals surface area contributed by atoms with Gasteiger partial charge in [0.15, 0.2) is 6.04 Å². The average molecular weight is 395 g/mol. The van der Waals surface area contributed by atoms with Gasteiger partial charge in [-0.1, -0.05) is 42.5 Å². The molecule has 0 fully saturated rings. The summed E-state index contributed by atoms with van der Waals surface area (Å²) in [7, 11) is 0. The lowest BCUT2D eigenvalue weighted by atomic mass is 10.0. The number of hydrogen-bond acceptors (Lipinski definition) is 1. The number of carbonyl (C=O) groups excluding carboxylic acids is 1. The quantitative estimate of drug-likeness (QED) is 0.630. The Balaban J connectivity index is 1.88. The number of halogens is 2. The molecule has 0 bridgehead atoms. The van der Waals surface area contributed by atoms with Gasteiger partial charge in [-0.2, -0.15) is 0 Å². The fraction of sp³-hybridized carbons (Fsp3) is 0.208. The van der Waals surface area contributed by atoms with Crippen molar-refractivity contribution in [1.29, 1.82) is 0 Å². The van der Waals surface area contributed by atoms with Crippen LogP contribution in [0, 0.1) is 25.5 Å². The Bertz CT molecular complexity index is 1010. The molecule has 29 heavy (non-hydrogen) atoms. The Morgan fingerprint density at radius 3 is 2.38 bits per heavy atom. The fourth-order valence-corrected chi connectivity index (χ4v) is 3.35. The summed E-state index contributed by atoms with van der Waals surface area (Å²) in [6.45, 7) is 5.71. The van der Waals surface area contributed by atoms with Crippen LogP contribution in [0.5, 0.6) is 0 Å². The molecule has 5 heteroatoms. The molecule has 0 heterocycles. The average Bonchev–Trinajstić information content (AvgIpc) is 2.69. The van der Waals surface area contributed by atoms with Crippen molar-refractivity contribution in [3.63, 3.8) is 0 Å². The minimum Gasteiger partial charge on any atom is -0.326 e. The van der Waals surface area contributed by atoms with E-state index in [1.807, 2.05) is 62.4 Å². The van der Waals surface area contributed by atoms with Gasteiger partial charge in [0.2, 0.25) is 0 Å². The van der Waals surface area contributed by atoms with Crippen LogP contribution in [0.2, 0.25) is 0 Å². The molecular weight excluding hydrogens is 370 g/mol. The van der Waals surface area contributed by atoms with E-state index < -0.39 is 17.7 Å². The van der Waals surface area contributed by atoms with Gasteiger partial charge in [-0.15, -0.1) is 0 Å². The van der Waals surface area contributed by atoms with Gasteiger partial charge >= 0.3 is 0 Å². The largest absolute Gasteiger partial charge is 0.326 e. The zero-order chi connectivity index (χ0) is 21.0. The second-order valence-corrected chi connectivity index (χ2v) is 7.34. The summed E-state index contributed by atoms with van der Waals surface area (Å²) in [6.07, 6.45) is 0. The Labute approximate surface area is 169 Å². The van der Waals surface area contributed by atoms with E-state index in [2.05, 4.69) is 5.32 Å². The van der Waals surface area contributed by atoms with E-state index in [1.165, 1.54) is 12.1 Å². The molecule has 3 rings (SSSR count). The monoisotopic (exact) mass is 395 g/mol. The van der Waals surface area contributed by atoms with Crippen molar-refractivity contribution in [2.45, 2.75) is 32.9 Å². The third kappa shape index (κ3) is 5.06. The molecule has 150 valence electrons. The highest BCUT2D eigenvalue weighted by atomic mass is 19.1. The minimum atomic E-state index is -0.620. The summed E-state index contributed by atoms with van der Waals surface area (Å²) in [5.74, 6) is -1.43. The van der Waals surface area contributed by atoms with Crippen molar-refractivity contribution < 1.29 is 18.9 Å². The molecule has 0 aliphatic rings. The Hall–Kier alpha value is -3.05. The van der Waals surface area contributed by atoms with Gasteiger partial charge in [-0.25, -0.2) is 8.78 Å². The maximum atomic E-state index is 14.2. The number of nitrogens with one attached hydrogen (secondary N) is 1. The van der Waals surface area contributed by atoms with E-state index in [9.17, 15) is 13.6 Å². The lowest BCUT2D eigenvalue weighted by Gasteiger charge is -2.21. The molecule has 0 unspecified atom stereocenters. The molecule has 3 N–H and O–H groups in total. The zero-order valence-electron chi connectivity index (χ0n) is 16.7. The molecule has 2 atom stereocenters. The van der Waals surface area contributed by atoms with E-state index >= 15 is 0 Å². The third-order valence-corrected chi connectivity index (χ3v) is 5.03. The number of anilines is 1. The van der Waals surface area contributed by atoms with Crippen molar-refractivity contribution >= 4 is 11.6 Å². The summed E-state index contributed by atoms with van der Waals surface area (Å²) < 4.78 is 27.5. The minimum absolute atomic E-state index is 0.195. The van der Waals surface area contributed by atoms with E-state index in [0.29, 0.717) is 5.56 Å². The fourth-order valence-electron chi connectivity index (χ4n) is 3.35. The molecule has 0 radical (unpaired) electrons. The topological polar surface area (TPSA) is 45.7 Å². The Kier molecular flexibility index (Phi) is 6.39. The predicted molar refractivity (Wildman–Crippen MR) is 110 cm³/mol. The van der Waals surface area contributed by atoms with Crippen LogP contribution in [0.15, 0.2) is 66.7 Å². The van der Waals surface area contributed by atoms with E-state index in [-0.39, 0.29) is 11.9 Å². The zero-order valence-corrected chi connectivity index (χ0v) is 16.7. The molecule has 0 aliphatic heterocycles. The van der Waals surface area contributed by atoms with Crippen LogP contribution in [-0.2, 0) is 4.79 Å². The van der Waals surface area contributed by atoms with Gasteiger partial charge < -0.3 is 10.6 Å². The van der Waals surface area contributed by atoms with Gasteiger partial charge in [0.25, 0.3) is 5.91 Å². The van der Waals surface area contributed by atoms with E-state index in [4.69, 9.17) is 0 Å². The number of amides is 1. The number of quaternary nitrogens is 1. The molecule has 1 amide bonds. The van der Waals surface area contributed by atoms with Crippen LogP contribution >= 0.6 is 0 Å². The first-order valence-electron chi connectivity index (χ1n) is 9.58. The molecule has 3 aromatic rings. The summed E-state index contributed by atoms with van der Waals surface area (Å²) in [5, 5.41) is 4.80. The highest BCUT2D eigenvalue weighted by molar-refractivity contribution is 5.95. The number of rotatable bonds is 6. The third-order valence-electron chi connectivity index (χ3n) is 5.03. The predicted octanol–water partition coefficient (Wildman–Crippen LogP) is 4.59. The van der Waals surface area contributed by atoms with Crippen LogP contribution in [0.3, 0.4) is 0 Å². The number of nitrogens with two attached hydrogens (primary N) is 1. The number of benzene rings is 3. The molecular formula is C24H25F2N2O+. The second-order valence-electron chi connectivity index (χ2n) is 7.34. The number of aryl methyl sites for hydroxylation is 2. The molecule has 0 saturated heterocycles. The smallest absolute Gasteiger partial charge is 0.287 e. The summed E-state index contributed by atoms with van der Waals surface area (Å²) in [6, 6.07) is 17.8. The first-order chi connectivity index (χ1) is 13.8. The van der Waals surface area contributed by atoms with Gasteiger partial charge in [0, 0.05) is 22.9 Å². The van der Waals surface area contributed by atoms with Crippen molar-refractivity contribution in [2.24, 2.45) is 0 Å². The lowest BCUT2D eigenvalue weighted by Crippen LogP contribution is -2.87. The van der Waals surface area contributed by atoms with Crippen molar-refractivity contribution in [2.75, 3.05) is 5.32 Å². The summed E-state index contributed by atoms with van der Waals surface area (Å²) in [5.41, 5.74) is 3.93. The summed E-state index contributed by atoms with van der Waals surface area (Å²) in [4.78, 5) is 13.2. The van der Waals surface area contributed by atoms with Crippen LogP contribution in [0.4, 0.5) is 14.5 Å².